The van der Waals surface area contributed by atoms with Crippen molar-refractivity contribution < 1.29 is 13.9 Å². The van der Waals surface area contributed by atoms with Crippen molar-refractivity contribution in [2.45, 2.75) is 20.3 Å². The van der Waals surface area contributed by atoms with Crippen molar-refractivity contribution in [3.63, 3.8) is 0 Å². The van der Waals surface area contributed by atoms with Gasteiger partial charge >= 0.3 is 0 Å². The Morgan fingerprint density at radius 3 is 2.94 bits per heavy atom. The predicted molar refractivity (Wildman–Crippen MR) is 68.6 cm³/mol. The van der Waals surface area contributed by atoms with Crippen LogP contribution in [0.4, 0.5) is 0 Å². The summed E-state index contributed by atoms with van der Waals surface area (Å²) in [5, 5.41) is -0.223. The molecule has 5 heteroatoms. The van der Waals surface area contributed by atoms with Crippen molar-refractivity contribution in [3.05, 3.63) is 24.2 Å². The van der Waals surface area contributed by atoms with Gasteiger partial charge in [0.2, 0.25) is 4.38 Å². The maximum Gasteiger partial charge on any atom is 0.263 e. The molecule has 0 amide bonds. The van der Waals surface area contributed by atoms with Crippen LogP contribution in [0.1, 0.15) is 30.8 Å². The van der Waals surface area contributed by atoms with Crippen LogP contribution in [0.25, 0.3) is 0 Å². The van der Waals surface area contributed by atoms with E-state index in [4.69, 9.17) is 21.4 Å². The smallest absolute Gasteiger partial charge is 0.263 e. The molecule has 88 valence electrons. The summed E-state index contributed by atoms with van der Waals surface area (Å²) in [6.07, 6.45) is 2.38. The Kier molecular flexibility index (Phi) is 5.55. The lowest BCUT2D eigenvalue weighted by Crippen LogP contribution is -2.05. The molecule has 1 rings (SSSR count). The number of thiocarbonyl (C=S) groups is 1. The lowest BCUT2D eigenvalue weighted by Gasteiger charge is -2.07. The fourth-order valence-electron chi connectivity index (χ4n) is 0.928. The maximum atomic E-state index is 11.5. The third-order valence-electron chi connectivity index (χ3n) is 1.81. The summed E-state index contributed by atoms with van der Waals surface area (Å²) in [6, 6.07) is 3.27. The SMILES string of the molecule is CC(C)CCOC(=S)SC(=O)c1ccco1. The third kappa shape index (κ3) is 4.81. The van der Waals surface area contributed by atoms with Crippen LogP contribution in [0, 0.1) is 5.92 Å². The van der Waals surface area contributed by atoms with Gasteiger partial charge in [0.25, 0.3) is 5.12 Å². The lowest BCUT2D eigenvalue weighted by atomic mass is 10.1. The lowest BCUT2D eigenvalue weighted by molar-refractivity contribution is 0.106. The molecule has 0 aliphatic rings. The Balaban J connectivity index is 2.27. The Morgan fingerprint density at radius 2 is 2.38 bits per heavy atom. The Hall–Kier alpha value is -0.810. The van der Waals surface area contributed by atoms with Gasteiger partial charge in [-0.1, -0.05) is 13.8 Å². The second-order valence-corrected chi connectivity index (χ2v) is 5.22. The molecular weight excluding hydrogens is 244 g/mol. The van der Waals surface area contributed by atoms with Crippen LogP contribution in [0.2, 0.25) is 0 Å². The largest absolute Gasteiger partial charge is 0.478 e. The van der Waals surface area contributed by atoms with E-state index in [1.165, 1.54) is 6.26 Å². The fourth-order valence-corrected chi connectivity index (χ4v) is 1.75. The minimum Gasteiger partial charge on any atom is -0.478 e. The van der Waals surface area contributed by atoms with Crippen LogP contribution in [-0.4, -0.2) is 16.1 Å². The molecule has 16 heavy (non-hydrogen) atoms. The highest BCUT2D eigenvalue weighted by Crippen LogP contribution is 2.16. The van der Waals surface area contributed by atoms with Crippen molar-refractivity contribution in [2.75, 3.05) is 6.61 Å². The fraction of sp³-hybridized carbons (Fsp3) is 0.455. The molecule has 0 saturated heterocycles. The normalized spacial score (nSPS) is 10.4. The molecule has 0 N–H and O–H groups in total. The van der Waals surface area contributed by atoms with Gasteiger partial charge < -0.3 is 9.15 Å². The molecule has 1 aromatic rings. The molecule has 1 heterocycles. The number of furan rings is 1. The average Bonchev–Trinajstić information content (AvgIpc) is 2.69. The molecule has 0 aliphatic heterocycles. The van der Waals surface area contributed by atoms with Crippen molar-refractivity contribution in [1.29, 1.82) is 0 Å². The summed E-state index contributed by atoms with van der Waals surface area (Å²) in [5.74, 6) is 0.855. The molecule has 0 spiro atoms. The molecule has 0 aliphatic carbocycles. The van der Waals surface area contributed by atoms with Gasteiger partial charge in [-0.05, 0) is 36.7 Å². The molecule has 3 nitrogen and oxygen atoms in total. The number of carbonyl (C=O) groups excluding carboxylic acids is 1. The van der Waals surface area contributed by atoms with Gasteiger partial charge in [0, 0.05) is 11.8 Å². The van der Waals surface area contributed by atoms with E-state index in [0.29, 0.717) is 18.3 Å². The number of hydrogen-bond donors (Lipinski definition) is 0. The molecular formula is C11H14O3S2. The van der Waals surface area contributed by atoms with Gasteiger partial charge in [-0.2, -0.15) is 0 Å². The van der Waals surface area contributed by atoms with Crippen LogP contribution in [0.5, 0.6) is 0 Å². The average molecular weight is 258 g/mol. The van der Waals surface area contributed by atoms with E-state index in [2.05, 4.69) is 13.8 Å². The molecule has 1 aromatic heterocycles. The molecule has 0 bridgehead atoms. The van der Waals surface area contributed by atoms with E-state index in [0.717, 1.165) is 18.2 Å². The van der Waals surface area contributed by atoms with E-state index in [1.807, 2.05) is 0 Å². The molecule has 0 aromatic carbocycles. The standard InChI is InChI=1S/C11H14O3S2/c1-8(2)5-7-14-11(15)16-10(12)9-4-3-6-13-9/h3-4,6,8H,5,7H2,1-2H3. The highest BCUT2D eigenvalue weighted by molar-refractivity contribution is 8.32. The first kappa shape index (κ1) is 13.3. The van der Waals surface area contributed by atoms with E-state index in [-0.39, 0.29) is 9.50 Å². The first-order valence-electron chi connectivity index (χ1n) is 5.02. The van der Waals surface area contributed by atoms with Crippen molar-refractivity contribution in [1.82, 2.24) is 0 Å². The van der Waals surface area contributed by atoms with E-state index in [1.54, 1.807) is 12.1 Å². The summed E-state index contributed by atoms with van der Waals surface area (Å²) in [5.41, 5.74) is 0. The molecule has 0 unspecified atom stereocenters. The summed E-state index contributed by atoms with van der Waals surface area (Å²) < 4.78 is 10.5. The second-order valence-electron chi connectivity index (χ2n) is 3.65. The van der Waals surface area contributed by atoms with Gasteiger partial charge in [-0.3, -0.25) is 4.79 Å². The van der Waals surface area contributed by atoms with Crippen LogP contribution in [0.3, 0.4) is 0 Å². The number of ether oxygens (including phenoxy) is 1. The van der Waals surface area contributed by atoms with Gasteiger partial charge in [0.1, 0.15) is 0 Å². The first-order valence-corrected chi connectivity index (χ1v) is 6.24. The van der Waals surface area contributed by atoms with Gasteiger partial charge in [-0.25, -0.2) is 0 Å². The van der Waals surface area contributed by atoms with Gasteiger partial charge in [0.05, 0.1) is 12.9 Å². The van der Waals surface area contributed by atoms with E-state index in [9.17, 15) is 4.79 Å². The second kappa shape index (κ2) is 6.70. The summed E-state index contributed by atoms with van der Waals surface area (Å²) in [7, 11) is 0. The zero-order chi connectivity index (χ0) is 12.0. The first-order chi connectivity index (χ1) is 7.59. The highest BCUT2D eigenvalue weighted by Gasteiger charge is 2.13. The quantitative estimate of drug-likeness (QED) is 0.773. The van der Waals surface area contributed by atoms with Crippen LogP contribution < -0.4 is 0 Å². The minimum atomic E-state index is -0.223. The molecule has 0 atom stereocenters. The van der Waals surface area contributed by atoms with Crippen molar-refractivity contribution in [3.8, 4) is 0 Å². The predicted octanol–water partition coefficient (Wildman–Crippen LogP) is 3.50. The molecule has 0 fully saturated rings. The van der Waals surface area contributed by atoms with Crippen LogP contribution >= 0.6 is 24.0 Å². The summed E-state index contributed by atoms with van der Waals surface area (Å²) in [6.45, 7) is 4.76. The summed E-state index contributed by atoms with van der Waals surface area (Å²) >= 11 is 5.82. The Bertz CT molecular complexity index is 344. The zero-order valence-electron chi connectivity index (χ0n) is 9.26. The monoisotopic (exact) mass is 258 g/mol. The topological polar surface area (TPSA) is 39.4 Å². The van der Waals surface area contributed by atoms with Crippen molar-refractivity contribution >= 4 is 33.5 Å². The van der Waals surface area contributed by atoms with E-state index >= 15 is 0 Å². The number of rotatable bonds is 4. The highest BCUT2D eigenvalue weighted by atomic mass is 32.2. The maximum absolute atomic E-state index is 11.5. The zero-order valence-corrected chi connectivity index (χ0v) is 10.9. The Labute approximate surface area is 105 Å². The van der Waals surface area contributed by atoms with Crippen molar-refractivity contribution in [2.24, 2.45) is 5.92 Å². The minimum absolute atomic E-state index is 0.223. The number of thioether (sulfide) groups is 1. The number of hydrogen-bond acceptors (Lipinski definition) is 5. The van der Waals surface area contributed by atoms with Crippen LogP contribution in [-0.2, 0) is 4.74 Å². The summed E-state index contributed by atoms with van der Waals surface area (Å²) in [4.78, 5) is 11.5. The van der Waals surface area contributed by atoms with Gasteiger partial charge in [-0.15, -0.1) is 0 Å². The Morgan fingerprint density at radius 1 is 1.62 bits per heavy atom. The molecule has 0 saturated carbocycles. The molecule has 0 radical (unpaired) electrons. The van der Waals surface area contributed by atoms with Gasteiger partial charge in [0.15, 0.2) is 5.76 Å². The third-order valence-corrected chi connectivity index (χ3v) is 2.85. The van der Waals surface area contributed by atoms with E-state index < -0.39 is 0 Å². The number of carbonyl (C=O) groups is 1. The van der Waals surface area contributed by atoms with Crippen LogP contribution in [0.15, 0.2) is 22.8 Å².